The van der Waals surface area contributed by atoms with Gasteiger partial charge < -0.3 is 10.2 Å². The lowest BCUT2D eigenvalue weighted by atomic mass is 10.0. The summed E-state index contributed by atoms with van der Waals surface area (Å²) in [6.45, 7) is 4.38. The lowest BCUT2D eigenvalue weighted by Gasteiger charge is -2.19. The van der Waals surface area contributed by atoms with Crippen molar-refractivity contribution in [1.29, 1.82) is 0 Å². The molecule has 0 radical (unpaired) electrons. The Balaban J connectivity index is 0.000000963. The zero-order valence-corrected chi connectivity index (χ0v) is 9.84. The normalized spacial score (nSPS) is 27.7. The summed E-state index contributed by atoms with van der Waals surface area (Å²) in [7, 11) is 0. The molecular formula is C12H16ClFN2. The van der Waals surface area contributed by atoms with Gasteiger partial charge in [0.05, 0.1) is 0 Å². The second kappa shape index (κ2) is 4.60. The Kier molecular flexibility index (Phi) is 3.36. The maximum Gasteiger partial charge on any atom is 0.125 e. The Morgan fingerprint density at radius 3 is 2.50 bits per heavy atom. The molecular weight excluding hydrogens is 227 g/mol. The SMILES string of the molecule is Cl.Fc1cccc(N2C[C@H]3CNC[C@H]3C2)c1. The van der Waals surface area contributed by atoms with Crippen LogP contribution in [0.4, 0.5) is 10.1 Å². The minimum Gasteiger partial charge on any atom is -0.371 e. The van der Waals surface area contributed by atoms with Crippen molar-refractivity contribution in [3.8, 4) is 0 Å². The summed E-state index contributed by atoms with van der Waals surface area (Å²) in [4.78, 5) is 2.30. The number of nitrogens with one attached hydrogen (secondary N) is 1. The van der Waals surface area contributed by atoms with Crippen LogP contribution in [-0.4, -0.2) is 26.2 Å². The largest absolute Gasteiger partial charge is 0.371 e. The molecule has 1 aromatic rings. The molecule has 2 atom stereocenters. The molecule has 2 saturated heterocycles. The van der Waals surface area contributed by atoms with E-state index in [4.69, 9.17) is 0 Å². The van der Waals surface area contributed by atoms with Crippen molar-refractivity contribution in [2.45, 2.75) is 0 Å². The van der Waals surface area contributed by atoms with Crippen LogP contribution in [0.2, 0.25) is 0 Å². The van der Waals surface area contributed by atoms with Crippen LogP contribution in [0.3, 0.4) is 0 Å². The molecule has 0 bridgehead atoms. The molecule has 2 aliphatic heterocycles. The van der Waals surface area contributed by atoms with Gasteiger partial charge in [0.2, 0.25) is 0 Å². The van der Waals surface area contributed by atoms with Crippen molar-refractivity contribution in [3.63, 3.8) is 0 Å². The van der Waals surface area contributed by atoms with Crippen LogP contribution >= 0.6 is 12.4 Å². The van der Waals surface area contributed by atoms with Gasteiger partial charge in [-0.15, -0.1) is 12.4 Å². The molecule has 0 saturated carbocycles. The highest BCUT2D eigenvalue weighted by Crippen LogP contribution is 2.30. The highest BCUT2D eigenvalue weighted by molar-refractivity contribution is 5.85. The van der Waals surface area contributed by atoms with E-state index < -0.39 is 0 Å². The summed E-state index contributed by atoms with van der Waals surface area (Å²) < 4.78 is 13.1. The minimum atomic E-state index is -0.136. The van der Waals surface area contributed by atoms with Crippen molar-refractivity contribution in [3.05, 3.63) is 30.1 Å². The Morgan fingerprint density at radius 2 is 1.88 bits per heavy atom. The van der Waals surface area contributed by atoms with Gasteiger partial charge in [0.1, 0.15) is 5.82 Å². The number of anilines is 1. The van der Waals surface area contributed by atoms with Gasteiger partial charge in [-0.2, -0.15) is 0 Å². The van der Waals surface area contributed by atoms with Crippen molar-refractivity contribution in [2.75, 3.05) is 31.1 Å². The molecule has 2 aliphatic rings. The van der Waals surface area contributed by atoms with Crippen LogP contribution in [0.25, 0.3) is 0 Å². The molecule has 0 aliphatic carbocycles. The lowest BCUT2D eigenvalue weighted by molar-refractivity contribution is 0.533. The van der Waals surface area contributed by atoms with Crippen LogP contribution in [0.1, 0.15) is 0 Å². The monoisotopic (exact) mass is 242 g/mol. The molecule has 2 heterocycles. The smallest absolute Gasteiger partial charge is 0.125 e. The first-order chi connectivity index (χ1) is 7.33. The van der Waals surface area contributed by atoms with Crippen LogP contribution in [0.15, 0.2) is 24.3 Å². The summed E-state index contributed by atoms with van der Waals surface area (Å²) in [5.74, 6) is 1.38. The maximum absolute atomic E-state index is 13.1. The third kappa shape index (κ3) is 2.02. The zero-order valence-electron chi connectivity index (χ0n) is 9.03. The summed E-state index contributed by atoms with van der Waals surface area (Å²) >= 11 is 0. The molecule has 0 unspecified atom stereocenters. The fraction of sp³-hybridized carbons (Fsp3) is 0.500. The Labute approximate surface area is 101 Å². The van der Waals surface area contributed by atoms with Crippen molar-refractivity contribution >= 4 is 18.1 Å². The molecule has 16 heavy (non-hydrogen) atoms. The second-order valence-electron chi connectivity index (χ2n) is 4.56. The van der Waals surface area contributed by atoms with Gasteiger partial charge >= 0.3 is 0 Å². The highest BCUT2D eigenvalue weighted by atomic mass is 35.5. The highest BCUT2D eigenvalue weighted by Gasteiger charge is 2.36. The van der Waals surface area contributed by atoms with E-state index in [9.17, 15) is 4.39 Å². The van der Waals surface area contributed by atoms with Gasteiger partial charge in [-0.25, -0.2) is 4.39 Å². The van der Waals surface area contributed by atoms with Gasteiger partial charge in [0.25, 0.3) is 0 Å². The van der Waals surface area contributed by atoms with E-state index in [-0.39, 0.29) is 18.2 Å². The van der Waals surface area contributed by atoms with E-state index in [1.165, 1.54) is 6.07 Å². The van der Waals surface area contributed by atoms with Crippen molar-refractivity contribution in [2.24, 2.45) is 11.8 Å². The number of hydrogen-bond donors (Lipinski definition) is 1. The number of rotatable bonds is 1. The standard InChI is InChI=1S/C12H15FN2.ClH/c13-11-2-1-3-12(4-11)15-7-9-5-14-6-10(9)8-15;/h1-4,9-10,14H,5-8H2;1H/t9-,10+;. The number of nitrogens with zero attached hydrogens (tertiary/aromatic N) is 1. The first kappa shape index (κ1) is 11.7. The zero-order chi connectivity index (χ0) is 10.3. The van der Waals surface area contributed by atoms with Gasteiger partial charge in [-0.05, 0) is 30.0 Å². The number of halogens is 2. The number of hydrogen-bond acceptors (Lipinski definition) is 2. The predicted octanol–water partition coefficient (Wildman–Crippen LogP) is 1.90. The van der Waals surface area contributed by atoms with Gasteiger partial charge in [-0.3, -0.25) is 0 Å². The van der Waals surface area contributed by atoms with Gasteiger partial charge in [0, 0.05) is 31.9 Å². The summed E-state index contributed by atoms with van der Waals surface area (Å²) in [5.41, 5.74) is 1.03. The molecule has 88 valence electrons. The molecule has 1 aromatic carbocycles. The van der Waals surface area contributed by atoms with Crippen LogP contribution < -0.4 is 10.2 Å². The third-order valence-electron chi connectivity index (χ3n) is 3.56. The van der Waals surface area contributed by atoms with E-state index in [0.29, 0.717) is 0 Å². The molecule has 2 fully saturated rings. The second-order valence-corrected chi connectivity index (χ2v) is 4.56. The first-order valence-corrected chi connectivity index (χ1v) is 5.54. The number of fused-ring (bicyclic) bond motifs is 1. The van der Waals surface area contributed by atoms with Gasteiger partial charge in [0.15, 0.2) is 0 Å². The Bertz CT molecular complexity index is 360. The summed E-state index contributed by atoms with van der Waals surface area (Å²) in [6, 6.07) is 6.92. The fourth-order valence-electron chi connectivity index (χ4n) is 2.74. The average molecular weight is 243 g/mol. The van der Waals surface area contributed by atoms with E-state index in [0.717, 1.165) is 43.7 Å². The van der Waals surface area contributed by atoms with E-state index >= 15 is 0 Å². The molecule has 0 aromatic heterocycles. The molecule has 4 heteroatoms. The Hall–Kier alpha value is -0.800. The Morgan fingerprint density at radius 1 is 1.19 bits per heavy atom. The summed E-state index contributed by atoms with van der Waals surface area (Å²) in [5, 5.41) is 3.41. The first-order valence-electron chi connectivity index (χ1n) is 5.54. The topological polar surface area (TPSA) is 15.3 Å². The summed E-state index contributed by atoms with van der Waals surface area (Å²) in [6.07, 6.45) is 0. The van der Waals surface area contributed by atoms with Crippen molar-refractivity contribution < 1.29 is 4.39 Å². The molecule has 0 spiro atoms. The van der Waals surface area contributed by atoms with Crippen LogP contribution in [0, 0.1) is 17.7 Å². The average Bonchev–Trinajstić information content (AvgIpc) is 2.76. The predicted molar refractivity (Wildman–Crippen MR) is 65.7 cm³/mol. The number of benzene rings is 1. The molecule has 1 N–H and O–H groups in total. The van der Waals surface area contributed by atoms with Crippen LogP contribution in [-0.2, 0) is 0 Å². The van der Waals surface area contributed by atoms with Crippen molar-refractivity contribution in [1.82, 2.24) is 5.32 Å². The van der Waals surface area contributed by atoms with Gasteiger partial charge in [-0.1, -0.05) is 6.07 Å². The fourth-order valence-corrected chi connectivity index (χ4v) is 2.74. The van der Waals surface area contributed by atoms with E-state index in [2.05, 4.69) is 10.2 Å². The molecule has 0 amide bonds. The lowest BCUT2D eigenvalue weighted by Crippen LogP contribution is -2.25. The minimum absolute atomic E-state index is 0. The molecule has 3 rings (SSSR count). The third-order valence-corrected chi connectivity index (χ3v) is 3.56. The molecule has 2 nitrogen and oxygen atoms in total. The van der Waals surface area contributed by atoms with E-state index in [1.54, 1.807) is 12.1 Å². The van der Waals surface area contributed by atoms with Crippen LogP contribution in [0.5, 0.6) is 0 Å². The van der Waals surface area contributed by atoms with E-state index in [1.807, 2.05) is 6.07 Å². The maximum atomic E-state index is 13.1. The quantitative estimate of drug-likeness (QED) is 0.809.